The molecule has 0 aromatic heterocycles. The zero-order chi connectivity index (χ0) is 9.52. The molecular formula is C9H18N2OS. The van der Waals surface area contributed by atoms with Gasteiger partial charge in [0.1, 0.15) is 0 Å². The predicted octanol–water partition coefficient (Wildman–Crippen LogP) is 0.993. The number of ether oxygens (including phenoxy) is 1. The van der Waals surface area contributed by atoms with E-state index in [1.54, 1.807) is 7.11 Å². The van der Waals surface area contributed by atoms with Crippen molar-refractivity contribution >= 4 is 17.3 Å². The minimum atomic E-state index is 0.801. The SMILES string of the molecule is COCCCNC(=S)N1CCCC1. The van der Waals surface area contributed by atoms with Crippen LogP contribution in [0, 0.1) is 0 Å². The zero-order valence-electron chi connectivity index (χ0n) is 8.21. The van der Waals surface area contributed by atoms with Gasteiger partial charge in [0, 0.05) is 33.4 Å². The summed E-state index contributed by atoms with van der Waals surface area (Å²) >= 11 is 5.24. The first-order chi connectivity index (χ1) is 6.34. The molecule has 0 aliphatic carbocycles. The molecule has 0 aromatic carbocycles. The van der Waals surface area contributed by atoms with Crippen molar-refractivity contribution in [3.05, 3.63) is 0 Å². The van der Waals surface area contributed by atoms with E-state index in [-0.39, 0.29) is 0 Å². The molecule has 13 heavy (non-hydrogen) atoms. The van der Waals surface area contributed by atoms with Crippen LogP contribution < -0.4 is 5.32 Å². The minimum Gasteiger partial charge on any atom is -0.385 e. The van der Waals surface area contributed by atoms with Crippen LogP contribution in [0.15, 0.2) is 0 Å². The van der Waals surface area contributed by atoms with Crippen molar-refractivity contribution in [1.82, 2.24) is 10.2 Å². The number of thiocarbonyl (C=S) groups is 1. The molecule has 4 heteroatoms. The Kier molecular flexibility index (Phi) is 5.08. The summed E-state index contributed by atoms with van der Waals surface area (Å²) in [6.45, 7) is 3.96. The third kappa shape index (κ3) is 3.91. The molecule has 76 valence electrons. The quantitative estimate of drug-likeness (QED) is 0.543. The van der Waals surface area contributed by atoms with E-state index in [2.05, 4.69) is 10.2 Å². The number of nitrogens with one attached hydrogen (secondary N) is 1. The lowest BCUT2D eigenvalue weighted by molar-refractivity contribution is 0.195. The van der Waals surface area contributed by atoms with Gasteiger partial charge in [0.2, 0.25) is 0 Å². The van der Waals surface area contributed by atoms with E-state index in [4.69, 9.17) is 17.0 Å². The highest BCUT2D eigenvalue weighted by Crippen LogP contribution is 2.06. The molecule has 1 fully saturated rings. The molecule has 1 aliphatic rings. The molecule has 3 nitrogen and oxygen atoms in total. The average Bonchev–Trinajstić information content (AvgIpc) is 2.65. The fourth-order valence-electron chi connectivity index (χ4n) is 1.44. The molecule has 1 heterocycles. The third-order valence-electron chi connectivity index (χ3n) is 2.19. The fourth-order valence-corrected chi connectivity index (χ4v) is 1.73. The summed E-state index contributed by atoms with van der Waals surface area (Å²) in [5.74, 6) is 0. The molecule has 1 N–H and O–H groups in total. The van der Waals surface area contributed by atoms with Crippen molar-refractivity contribution in [2.75, 3.05) is 33.4 Å². The van der Waals surface area contributed by atoms with Crippen LogP contribution in [-0.2, 0) is 4.74 Å². The summed E-state index contributed by atoms with van der Waals surface area (Å²) in [6.07, 6.45) is 3.57. The highest BCUT2D eigenvalue weighted by molar-refractivity contribution is 7.80. The first-order valence-corrected chi connectivity index (χ1v) is 5.27. The summed E-state index contributed by atoms with van der Waals surface area (Å²) in [7, 11) is 1.72. The monoisotopic (exact) mass is 202 g/mol. The molecule has 1 rings (SSSR count). The summed E-state index contributed by atoms with van der Waals surface area (Å²) < 4.78 is 4.95. The van der Waals surface area contributed by atoms with E-state index in [1.807, 2.05) is 0 Å². The van der Waals surface area contributed by atoms with E-state index in [1.165, 1.54) is 12.8 Å². The molecule has 1 saturated heterocycles. The molecule has 0 spiro atoms. The lowest BCUT2D eigenvalue weighted by Gasteiger charge is -2.19. The Hall–Kier alpha value is -0.350. The van der Waals surface area contributed by atoms with Gasteiger partial charge in [-0.1, -0.05) is 0 Å². The Balaban J connectivity index is 2.03. The van der Waals surface area contributed by atoms with Gasteiger partial charge in [0.25, 0.3) is 0 Å². The fraction of sp³-hybridized carbons (Fsp3) is 0.889. The van der Waals surface area contributed by atoms with Crippen LogP contribution in [0.2, 0.25) is 0 Å². The smallest absolute Gasteiger partial charge is 0.168 e. The van der Waals surface area contributed by atoms with Gasteiger partial charge in [-0.2, -0.15) is 0 Å². The summed E-state index contributed by atoms with van der Waals surface area (Å²) in [5, 5.41) is 4.15. The van der Waals surface area contributed by atoms with Gasteiger partial charge >= 0.3 is 0 Å². The van der Waals surface area contributed by atoms with Crippen molar-refractivity contribution < 1.29 is 4.74 Å². The third-order valence-corrected chi connectivity index (χ3v) is 2.60. The number of hydrogen-bond acceptors (Lipinski definition) is 2. The number of methoxy groups -OCH3 is 1. The van der Waals surface area contributed by atoms with E-state index < -0.39 is 0 Å². The van der Waals surface area contributed by atoms with Crippen molar-refractivity contribution in [2.24, 2.45) is 0 Å². The molecule has 0 radical (unpaired) electrons. The van der Waals surface area contributed by atoms with Gasteiger partial charge < -0.3 is 15.0 Å². The van der Waals surface area contributed by atoms with Crippen LogP contribution >= 0.6 is 12.2 Å². The number of rotatable bonds is 4. The first kappa shape index (κ1) is 10.7. The molecule has 0 saturated carbocycles. The second-order valence-electron chi connectivity index (χ2n) is 3.27. The van der Waals surface area contributed by atoms with Crippen LogP contribution in [-0.4, -0.2) is 43.4 Å². The molecule has 0 aromatic rings. The van der Waals surface area contributed by atoms with E-state index in [9.17, 15) is 0 Å². The number of likely N-dealkylation sites (tertiary alicyclic amines) is 1. The van der Waals surface area contributed by atoms with Gasteiger partial charge in [-0.25, -0.2) is 0 Å². The number of hydrogen-bond donors (Lipinski definition) is 1. The van der Waals surface area contributed by atoms with Gasteiger partial charge in [-0.3, -0.25) is 0 Å². The molecule has 0 amide bonds. The van der Waals surface area contributed by atoms with Gasteiger partial charge in [0.15, 0.2) is 5.11 Å². The van der Waals surface area contributed by atoms with E-state index in [0.29, 0.717) is 0 Å². The van der Waals surface area contributed by atoms with Crippen LogP contribution in [0.3, 0.4) is 0 Å². The Morgan fingerprint density at radius 2 is 2.15 bits per heavy atom. The second kappa shape index (κ2) is 6.16. The molecular weight excluding hydrogens is 184 g/mol. The average molecular weight is 202 g/mol. The van der Waals surface area contributed by atoms with Crippen molar-refractivity contribution in [2.45, 2.75) is 19.3 Å². The predicted molar refractivity (Wildman–Crippen MR) is 57.9 cm³/mol. The van der Waals surface area contributed by atoms with Crippen molar-refractivity contribution in [3.63, 3.8) is 0 Å². The highest BCUT2D eigenvalue weighted by Gasteiger charge is 2.13. The summed E-state index contributed by atoms with van der Waals surface area (Å²) in [5.41, 5.74) is 0. The van der Waals surface area contributed by atoms with E-state index >= 15 is 0 Å². The van der Waals surface area contributed by atoms with Crippen molar-refractivity contribution in [1.29, 1.82) is 0 Å². The van der Waals surface area contributed by atoms with Gasteiger partial charge in [-0.15, -0.1) is 0 Å². The minimum absolute atomic E-state index is 0.801. The standard InChI is InChI=1S/C9H18N2OS/c1-12-8-4-5-10-9(13)11-6-2-3-7-11/h2-8H2,1H3,(H,10,13). The molecule has 1 aliphatic heterocycles. The van der Waals surface area contributed by atoms with Crippen LogP contribution in [0.4, 0.5) is 0 Å². The summed E-state index contributed by atoms with van der Waals surface area (Å²) in [4.78, 5) is 2.24. The Morgan fingerprint density at radius 3 is 2.77 bits per heavy atom. The van der Waals surface area contributed by atoms with Crippen LogP contribution in [0.5, 0.6) is 0 Å². The topological polar surface area (TPSA) is 24.5 Å². The lowest BCUT2D eigenvalue weighted by Crippen LogP contribution is -2.38. The van der Waals surface area contributed by atoms with E-state index in [0.717, 1.165) is 37.8 Å². The molecule has 0 atom stereocenters. The van der Waals surface area contributed by atoms with Crippen LogP contribution in [0.25, 0.3) is 0 Å². The Labute approximate surface area is 85.4 Å². The lowest BCUT2D eigenvalue weighted by atomic mass is 10.4. The zero-order valence-corrected chi connectivity index (χ0v) is 9.03. The van der Waals surface area contributed by atoms with Gasteiger partial charge in [-0.05, 0) is 31.5 Å². The first-order valence-electron chi connectivity index (χ1n) is 4.86. The Bertz CT molecular complexity index is 158. The summed E-state index contributed by atoms with van der Waals surface area (Å²) in [6, 6.07) is 0. The van der Waals surface area contributed by atoms with Crippen LogP contribution in [0.1, 0.15) is 19.3 Å². The maximum Gasteiger partial charge on any atom is 0.168 e. The second-order valence-corrected chi connectivity index (χ2v) is 3.66. The number of nitrogens with zero attached hydrogens (tertiary/aromatic N) is 1. The normalized spacial score (nSPS) is 16.2. The van der Waals surface area contributed by atoms with Crippen molar-refractivity contribution in [3.8, 4) is 0 Å². The largest absolute Gasteiger partial charge is 0.385 e. The maximum absolute atomic E-state index is 5.24. The molecule has 0 bridgehead atoms. The van der Waals surface area contributed by atoms with Gasteiger partial charge in [0.05, 0.1) is 0 Å². The maximum atomic E-state index is 5.24. The highest BCUT2D eigenvalue weighted by atomic mass is 32.1. The molecule has 0 unspecified atom stereocenters. The Morgan fingerprint density at radius 1 is 1.46 bits per heavy atom.